The normalized spacial score (nSPS) is 9.80. The summed E-state index contributed by atoms with van der Waals surface area (Å²) in [7, 11) is 0. The van der Waals surface area contributed by atoms with Gasteiger partial charge in [0.1, 0.15) is 11.3 Å². The van der Waals surface area contributed by atoms with Gasteiger partial charge in [-0.3, -0.25) is 0 Å². The maximum absolute atomic E-state index is 10.9. The van der Waals surface area contributed by atoms with E-state index in [9.17, 15) is 9.59 Å². The maximum atomic E-state index is 10.9. The Morgan fingerprint density at radius 3 is 1.88 bits per heavy atom. The van der Waals surface area contributed by atoms with E-state index in [4.69, 9.17) is 15.3 Å². The fourth-order valence-corrected chi connectivity index (χ4v) is 2.34. The Morgan fingerprint density at radius 2 is 1.36 bits per heavy atom. The van der Waals surface area contributed by atoms with Gasteiger partial charge in [0.25, 0.3) is 0 Å². The molecule has 5 heteroatoms. The number of para-hydroxylation sites is 1. The van der Waals surface area contributed by atoms with E-state index in [1.165, 1.54) is 31.4 Å². The number of unbranched alkanes of at least 4 members (excludes halogenated alkanes) is 3. The van der Waals surface area contributed by atoms with Gasteiger partial charge in [-0.15, -0.1) is 0 Å². The molecule has 0 fully saturated rings. The van der Waals surface area contributed by atoms with Crippen molar-refractivity contribution in [2.24, 2.45) is 0 Å². The molecule has 0 aromatic heterocycles. The molecule has 0 aliphatic rings. The molecule has 0 saturated carbocycles. The summed E-state index contributed by atoms with van der Waals surface area (Å²) in [4.78, 5) is 21.2. The van der Waals surface area contributed by atoms with E-state index in [2.05, 4.69) is 6.92 Å². The van der Waals surface area contributed by atoms with E-state index in [1.807, 2.05) is 12.1 Å². The van der Waals surface area contributed by atoms with E-state index in [0.29, 0.717) is 5.56 Å². The zero-order valence-electron chi connectivity index (χ0n) is 14.3. The van der Waals surface area contributed by atoms with Crippen molar-refractivity contribution in [3.8, 4) is 5.75 Å². The second kappa shape index (κ2) is 10.9. The molecular formula is C20H24O5. The lowest BCUT2D eigenvalue weighted by Gasteiger charge is -2.05. The number of carboxylic acid groups (broad SMARTS) is 2. The fraction of sp³-hybridized carbons (Fsp3) is 0.300. The van der Waals surface area contributed by atoms with E-state index in [1.54, 1.807) is 24.3 Å². The third kappa shape index (κ3) is 7.08. The average Bonchev–Trinajstić information content (AvgIpc) is 2.60. The first kappa shape index (κ1) is 20.2. The highest BCUT2D eigenvalue weighted by Gasteiger charge is 2.08. The summed E-state index contributed by atoms with van der Waals surface area (Å²) >= 11 is 0. The zero-order valence-corrected chi connectivity index (χ0v) is 14.3. The second-order valence-corrected chi connectivity index (χ2v) is 5.60. The van der Waals surface area contributed by atoms with Gasteiger partial charge in [-0.25, -0.2) is 9.59 Å². The van der Waals surface area contributed by atoms with Crippen LogP contribution >= 0.6 is 0 Å². The predicted octanol–water partition coefficient (Wildman–Crippen LogP) is 4.60. The van der Waals surface area contributed by atoms with Gasteiger partial charge in [-0.2, -0.15) is 0 Å². The molecule has 0 saturated heterocycles. The standard InChI is InChI=1S/C13H18O2.C7H6O3/c1-2-3-4-5-8-11-9-6-7-10-12(11)13(14)15;8-6-4-2-1-3-5(6)7(9)10/h6-7,9-10H,2-5,8H2,1H3,(H,14,15);1-4,8H,(H,9,10). The van der Waals surface area contributed by atoms with Crippen LogP contribution in [0.4, 0.5) is 0 Å². The quantitative estimate of drug-likeness (QED) is 0.638. The Kier molecular flexibility index (Phi) is 8.79. The third-order valence-corrected chi connectivity index (χ3v) is 3.68. The van der Waals surface area contributed by atoms with Gasteiger partial charge < -0.3 is 15.3 Å². The minimum atomic E-state index is -1.11. The summed E-state index contributed by atoms with van der Waals surface area (Å²) in [6, 6.07) is 13.1. The van der Waals surface area contributed by atoms with E-state index >= 15 is 0 Å². The van der Waals surface area contributed by atoms with Gasteiger partial charge >= 0.3 is 11.9 Å². The highest BCUT2D eigenvalue weighted by atomic mass is 16.4. The van der Waals surface area contributed by atoms with Gasteiger partial charge in [0.2, 0.25) is 0 Å². The molecule has 0 atom stereocenters. The van der Waals surface area contributed by atoms with Crippen molar-refractivity contribution in [1.29, 1.82) is 0 Å². The van der Waals surface area contributed by atoms with Crippen LogP contribution in [-0.2, 0) is 6.42 Å². The fourth-order valence-electron chi connectivity index (χ4n) is 2.34. The van der Waals surface area contributed by atoms with Crippen LogP contribution in [-0.4, -0.2) is 27.3 Å². The highest BCUT2D eigenvalue weighted by Crippen LogP contribution is 2.14. The van der Waals surface area contributed by atoms with E-state index < -0.39 is 11.9 Å². The topological polar surface area (TPSA) is 94.8 Å². The number of hydrogen-bond donors (Lipinski definition) is 3. The summed E-state index contributed by atoms with van der Waals surface area (Å²) in [5, 5.41) is 26.3. The lowest BCUT2D eigenvalue weighted by molar-refractivity contribution is 0.0683. The molecule has 0 amide bonds. The predicted molar refractivity (Wildman–Crippen MR) is 96.3 cm³/mol. The number of benzene rings is 2. The molecule has 2 aromatic carbocycles. The first-order valence-corrected chi connectivity index (χ1v) is 8.29. The van der Waals surface area contributed by atoms with Crippen molar-refractivity contribution in [1.82, 2.24) is 0 Å². The van der Waals surface area contributed by atoms with Crippen LogP contribution < -0.4 is 0 Å². The number of carboxylic acids is 2. The second-order valence-electron chi connectivity index (χ2n) is 5.60. The lowest BCUT2D eigenvalue weighted by Crippen LogP contribution is -2.02. The molecule has 2 aromatic rings. The molecule has 3 N–H and O–H groups in total. The van der Waals surface area contributed by atoms with Crippen LogP contribution in [0, 0.1) is 0 Å². The molecule has 0 spiro atoms. The largest absolute Gasteiger partial charge is 0.507 e. The van der Waals surface area contributed by atoms with Gasteiger partial charge in [0.15, 0.2) is 0 Å². The van der Waals surface area contributed by atoms with Gasteiger partial charge in [-0.1, -0.05) is 56.5 Å². The maximum Gasteiger partial charge on any atom is 0.339 e. The van der Waals surface area contributed by atoms with Gasteiger partial charge in [0.05, 0.1) is 5.56 Å². The molecule has 25 heavy (non-hydrogen) atoms. The highest BCUT2D eigenvalue weighted by molar-refractivity contribution is 5.90. The molecule has 0 bridgehead atoms. The Balaban J connectivity index is 0.000000271. The zero-order chi connectivity index (χ0) is 18.7. The third-order valence-electron chi connectivity index (χ3n) is 3.68. The number of aromatic hydroxyl groups is 1. The number of hydrogen-bond acceptors (Lipinski definition) is 3. The Morgan fingerprint density at radius 1 is 0.800 bits per heavy atom. The minimum Gasteiger partial charge on any atom is -0.507 e. The number of phenols is 1. The lowest BCUT2D eigenvalue weighted by atomic mass is 10.0. The van der Waals surface area contributed by atoms with Crippen molar-refractivity contribution in [2.45, 2.75) is 39.0 Å². The summed E-state index contributed by atoms with van der Waals surface area (Å²) in [5.74, 6) is -2.13. The smallest absolute Gasteiger partial charge is 0.339 e. The molecule has 0 unspecified atom stereocenters. The molecule has 0 aliphatic carbocycles. The molecule has 5 nitrogen and oxygen atoms in total. The Bertz CT molecular complexity index is 694. The molecule has 0 radical (unpaired) electrons. The first-order chi connectivity index (χ1) is 12.0. The summed E-state index contributed by atoms with van der Waals surface area (Å²) in [6.45, 7) is 2.17. The number of aryl methyl sites for hydroxylation is 1. The van der Waals surface area contributed by atoms with Crippen molar-refractivity contribution in [3.63, 3.8) is 0 Å². The Labute approximate surface area is 147 Å². The summed E-state index contributed by atoms with van der Waals surface area (Å²) in [6.07, 6.45) is 5.58. The molecule has 134 valence electrons. The SMILES string of the molecule is CCCCCCc1ccccc1C(=O)O.O=C(O)c1ccccc1O. The minimum absolute atomic E-state index is 0.0671. The van der Waals surface area contributed by atoms with Gasteiger partial charge in [-0.05, 0) is 36.6 Å². The van der Waals surface area contributed by atoms with E-state index in [-0.39, 0.29) is 11.3 Å². The van der Waals surface area contributed by atoms with Crippen molar-refractivity contribution in [3.05, 3.63) is 65.2 Å². The average molecular weight is 344 g/mol. The van der Waals surface area contributed by atoms with Crippen molar-refractivity contribution in [2.75, 3.05) is 0 Å². The van der Waals surface area contributed by atoms with Crippen molar-refractivity contribution < 1.29 is 24.9 Å². The van der Waals surface area contributed by atoms with Crippen LogP contribution in [0.15, 0.2) is 48.5 Å². The van der Waals surface area contributed by atoms with Crippen LogP contribution in [0.25, 0.3) is 0 Å². The molecule has 0 heterocycles. The summed E-state index contributed by atoms with van der Waals surface area (Å²) in [5.41, 5.74) is 1.35. The number of carbonyl (C=O) groups is 2. The number of rotatable bonds is 7. The van der Waals surface area contributed by atoms with E-state index in [0.717, 1.165) is 18.4 Å². The summed E-state index contributed by atoms with van der Waals surface area (Å²) < 4.78 is 0. The Hall–Kier alpha value is -2.82. The first-order valence-electron chi connectivity index (χ1n) is 8.29. The molecular weight excluding hydrogens is 320 g/mol. The van der Waals surface area contributed by atoms with Crippen LogP contribution in [0.3, 0.4) is 0 Å². The molecule has 2 rings (SSSR count). The monoisotopic (exact) mass is 344 g/mol. The van der Waals surface area contributed by atoms with Crippen LogP contribution in [0.2, 0.25) is 0 Å². The van der Waals surface area contributed by atoms with Crippen LogP contribution in [0.5, 0.6) is 5.75 Å². The molecule has 0 aliphatic heterocycles. The number of aromatic carboxylic acids is 2. The van der Waals surface area contributed by atoms with Crippen molar-refractivity contribution >= 4 is 11.9 Å². The van der Waals surface area contributed by atoms with Crippen LogP contribution in [0.1, 0.15) is 58.9 Å². The van der Waals surface area contributed by atoms with Gasteiger partial charge in [0, 0.05) is 0 Å².